The second-order valence-corrected chi connectivity index (χ2v) is 9.69. The molecule has 36 heavy (non-hydrogen) atoms. The number of hydrogen-bond acceptors (Lipinski definition) is 6. The number of benzene rings is 2. The largest absolute Gasteiger partial charge is 0.454 e. The highest BCUT2D eigenvalue weighted by molar-refractivity contribution is 6.03. The van der Waals surface area contributed by atoms with Gasteiger partial charge in [-0.2, -0.15) is 5.10 Å². The molecule has 2 aliphatic heterocycles. The Morgan fingerprint density at radius 2 is 1.94 bits per heavy atom. The van der Waals surface area contributed by atoms with E-state index in [2.05, 4.69) is 10.4 Å². The highest BCUT2D eigenvalue weighted by Crippen LogP contribution is 2.39. The molecule has 0 unspecified atom stereocenters. The van der Waals surface area contributed by atoms with Gasteiger partial charge < -0.3 is 24.4 Å². The van der Waals surface area contributed by atoms with Crippen LogP contribution in [0.2, 0.25) is 0 Å². The molecule has 0 fully saturated rings. The SMILES string of the molecule is COCCN(CC(=O)N1N=C(c2ccccc2F)C[C@@H]1c1ccc2c(c1)OCO2)C(=O)NC(C)(C)C. The monoisotopic (exact) mass is 498 g/mol. The van der Waals surface area contributed by atoms with Crippen LogP contribution >= 0.6 is 0 Å². The van der Waals surface area contributed by atoms with Crippen LogP contribution in [0.25, 0.3) is 0 Å². The predicted molar refractivity (Wildman–Crippen MR) is 131 cm³/mol. The summed E-state index contributed by atoms with van der Waals surface area (Å²) in [5, 5.41) is 8.76. The topological polar surface area (TPSA) is 92.7 Å². The van der Waals surface area contributed by atoms with Gasteiger partial charge in [0.2, 0.25) is 6.79 Å². The Hall–Kier alpha value is -3.66. The third kappa shape index (κ3) is 5.76. The molecule has 0 bridgehead atoms. The first kappa shape index (κ1) is 25.4. The van der Waals surface area contributed by atoms with Crippen molar-refractivity contribution in [3.63, 3.8) is 0 Å². The lowest BCUT2D eigenvalue weighted by Crippen LogP contribution is -2.52. The number of urea groups is 1. The number of hydrogen-bond donors (Lipinski definition) is 1. The number of halogens is 1. The third-order valence-electron chi connectivity index (χ3n) is 5.79. The quantitative estimate of drug-likeness (QED) is 0.629. The Morgan fingerprint density at radius 3 is 2.67 bits per heavy atom. The van der Waals surface area contributed by atoms with Gasteiger partial charge >= 0.3 is 6.03 Å². The summed E-state index contributed by atoms with van der Waals surface area (Å²) in [5.41, 5.74) is 1.07. The van der Waals surface area contributed by atoms with Gasteiger partial charge in [-0.1, -0.05) is 24.3 Å². The van der Waals surface area contributed by atoms with Crippen molar-refractivity contribution < 1.29 is 28.2 Å². The van der Waals surface area contributed by atoms with E-state index in [9.17, 15) is 14.0 Å². The molecule has 192 valence electrons. The molecule has 0 aromatic heterocycles. The number of amides is 3. The van der Waals surface area contributed by atoms with Crippen LogP contribution in [-0.4, -0.2) is 66.7 Å². The van der Waals surface area contributed by atoms with E-state index in [1.54, 1.807) is 24.3 Å². The van der Waals surface area contributed by atoms with Crippen LogP contribution in [0.4, 0.5) is 9.18 Å². The van der Waals surface area contributed by atoms with E-state index in [-0.39, 0.29) is 32.5 Å². The maximum atomic E-state index is 14.6. The lowest BCUT2D eigenvalue weighted by molar-refractivity contribution is -0.133. The fourth-order valence-corrected chi connectivity index (χ4v) is 4.07. The van der Waals surface area contributed by atoms with Crippen LogP contribution in [0.1, 0.15) is 44.4 Å². The number of methoxy groups -OCH3 is 1. The number of ether oxygens (including phenoxy) is 3. The summed E-state index contributed by atoms with van der Waals surface area (Å²) in [6, 6.07) is 10.9. The summed E-state index contributed by atoms with van der Waals surface area (Å²) in [6.07, 6.45) is 0.304. The van der Waals surface area contributed by atoms with Gasteiger partial charge in [-0.15, -0.1) is 0 Å². The van der Waals surface area contributed by atoms with Crippen LogP contribution < -0.4 is 14.8 Å². The van der Waals surface area contributed by atoms with Crippen molar-refractivity contribution in [1.82, 2.24) is 15.2 Å². The van der Waals surface area contributed by atoms with Crippen molar-refractivity contribution in [3.05, 3.63) is 59.4 Å². The van der Waals surface area contributed by atoms with Crippen molar-refractivity contribution >= 4 is 17.6 Å². The van der Waals surface area contributed by atoms with E-state index in [0.29, 0.717) is 29.2 Å². The third-order valence-corrected chi connectivity index (χ3v) is 5.79. The van der Waals surface area contributed by atoms with Gasteiger partial charge in [0, 0.05) is 31.2 Å². The first-order valence-electron chi connectivity index (χ1n) is 11.8. The molecule has 3 amide bonds. The molecule has 10 heteroatoms. The minimum absolute atomic E-state index is 0.125. The van der Waals surface area contributed by atoms with E-state index in [4.69, 9.17) is 14.2 Å². The highest BCUT2D eigenvalue weighted by atomic mass is 19.1. The van der Waals surface area contributed by atoms with E-state index in [1.165, 1.54) is 23.1 Å². The molecule has 9 nitrogen and oxygen atoms in total. The zero-order chi connectivity index (χ0) is 25.9. The Morgan fingerprint density at radius 1 is 1.19 bits per heavy atom. The maximum Gasteiger partial charge on any atom is 0.318 e. The number of carbonyl (C=O) groups excluding carboxylic acids is 2. The fourth-order valence-electron chi connectivity index (χ4n) is 4.07. The minimum Gasteiger partial charge on any atom is -0.454 e. The number of nitrogens with one attached hydrogen (secondary N) is 1. The van der Waals surface area contributed by atoms with Crippen molar-refractivity contribution in [1.29, 1.82) is 0 Å². The van der Waals surface area contributed by atoms with Crippen LogP contribution in [0.3, 0.4) is 0 Å². The van der Waals surface area contributed by atoms with E-state index in [1.807, 2.05) is 32.9 Å². The molecule has 2 aromatic rings. The molecule has 2 aromatic carbocycles. The molecular formula is C26H31FN4O5. The molecule has 0 spiro atoms. The number of carbonyl (C=O) groups is 2. The van der Waals surface area contributed by atoms with E-state index >= 15 is 0 Å². The molecular weight excluding hydrogens is 467 g/mol. The summed E-state index contributed by atoms with van der Waals surface area (Å²) in [6.45, 7) is 5.98. The molecule has 1 atom stereocenters. The van der Waals surface area contributed by atoms with Gasteiger partial charge in [-0.05, 0) is 44.5 Å². The molecule has 0 aliphatic carbocycles. The average molecular weight is 499 g/mol. The van der Waals surface area contributed by atoms with Gasteiger partial charge in [-0.3, -0.25) is 4.79 Å². The lowest BCUT2D eigenvalue weighted by atomic mass is 9.97. The summed E-state index contributed by atoms with van der Waals surface area (Å²) < 4.78 is 30.7. The van der Waals surface area contributed by atoms with Gasteiger partial charge in [-0.25, -0.2) is 14.2 Å². The van der Waals surface area contributed by atoms with Gasteiger partial charge in [0.25, 0.3) is 5.91 Å². The number of hydrazone groups is 1. The average Bonchev–Trinajstić information content (AvgIpc) is 3.47. The molecule has 4 rings (SSSR count). The minimum atomic E-state index is -0.503. The molecule has 0 saturated carbocycles. The Bertz CT molecular complexity index is 1160. The van der Waals surface area contributed by atoms with E-state index < -0.39 is 23.3 Å². The molecule has 2 heterocycles. The molecule has 1 N–H and O–H groups in total. The summed E-state index contributed by atoms with van der Waals surface area (Å²) >= 11 is 0. The first-order valence-corrected chi connectivity index (χ1v) is 11.8. The molecule has 0 radical (unpaired) electrons. The van der Waals surface area contributed by atoms with Gasteiger partial charge in [0.05, 0.1) is 18.4 Å². The Balaban J connectivity index is 1.63. The lowest BCUT2D eigenvalue weighted by Gasteiger charge is -2.30. The maximum absolute atomic E-state index is 14.6. The van der Waals surface area contributed by atoms with Gasteiger partial charge in [0.15, 0.2) is 11.5 Å². The summed E-state index contributed by atoms with van der Waals surface area (Å²) in [5.74, 6) is 0.380. The van der Waals surface area contributed by atoms with Crippen molar-refractivity contribution in [2.24, 2.45) is 5.10 Å². The normalized spacial score (nSPS) is 16.6. The second kappa shape index (κ2) is 10.5. The number of nitrogens with zero attached hydrogens (tertiary/aromatic N) is 3. The first-order chi connectivity index (χ1) is 17.2. The standard InChI is InChI=1S/C26H31FN4O5/c1-26(2,3)28-25(33)30(11-12-34-4)15-24(32)31-21(17-9-10-22-23(13-17)36-16-35-22)14-20(29-31)18-7-5-6-8-19(18)27/h5-10,13,21H,11-12,14-16H2,1-4H3,(H,28,33)/t21-/m1/s1. The van der Waals surface area contributed by atoms with Crippen LogP contribution in [-0.2, 0) is 9.53 Å². The van der Waals surface area contributed by atoms with E-state index in [0.717, 1.165) is 5.56 Å². The zero-order valence-corrected chi connectivity index (χ0v) is 20.9. The fraction of sp³-hybridized carbons (Fsp3) is 0.423. The van der Waals surface area contributed by atoms with Crippen LogP contribution in [0.5, 0.6) is 11.5 Å². The summed E-state index contributed by atoms with van der Waals surface area (Å²) in [7, 11) is 1.53. The van der Waals surface area contributed by atoms with Crippen molar-refractivity contribution in [2.75, 3.05) is 33.6 Å². The van der Waals surface area contributed by atoms with Crippen molar-refractivity contribution in [3.8, 4) is 11.5 Å². The smallest absolute Gasteiger partial charge is 0.318 e. The van der Waals surface area contributed by atoms with Crippen molar-refractivity contribution in [2.45, 2.75) is 38.8 Å². The molecule has 2 aliphatic rings. The van der Waals surface area contributed by atoms with Gasteiger partial charge in [0.1, 0.15) is 12.4 Å². The Labute approximate surface area is 209 Å². The summed E-state index contributed by atoms with van der Waals surface area (Å²) in [4.78, 5) is 27.9. The highest BCUT2D eigenvalue weighted by Gasteiger charge is 2.36. The molecule has 0 saturated heterocycles. The number of fused-ring (bicyclic) bond motifs is 1. The second-order valence-electron chi connectivity index (χ2n) is 9.69. The zero-order valence-electron chi connectivity index (χ0n) is 20.9. The predicted octanol–water partition coefficient (Wildman–Crippen LogP) is 3.69. The number of rotatable bonds is 7. The Kier molecular flexibility index (Phi) is 7.44. The van der Waals surface area contributed by atoms with Crippen LogP contribution in [0, 0.1) is 5.82 Å². The van der Waals surface area contributed by atoms with Crippen LogP contribution in [0.15, 0.2) is 47.6 Å².